The number of hydrogen-bond donors (Lipinski definition) is 2. The molecule has 6 rings (SSSR count). The van der Waals surface area contributed by atoms with Gasteiger partial charge in [-0.1, -0.05) is 30.7 Å². The van der Waals surface area contributed by atoms with Crippen LogP contribution in [0, 0.1) is 11.6 Å². The summed E-state index contributed by atoms with van der Waals surface area (Å²) in [6.07, 6.45) is -10.5. The van der Waals surface area contributed by atoms with E-state index in [0.717, 1.165) is 18.4 Å². The zero-order valence-corrected chi connectivity index (χ0v) is 40.6. The van der Waals surface area contributed by atoms with E-state index in [-0.39, 0.29) is 67.2 Å². The minimum atomic E-state index is -5.14. The molecule has 0 fully saturated rings. The van der Waals surface area contributed by atoms with Gasteiger partial charge < -0.3 is 15.2 Å². The second kappa shape index (κ2) is 22.6. The summed E-state index contributed by atoms with van der Waals surface area (Å²) in [5.74, 6) is -7.64. The van der Waals surface area contributed by atoms with Gasteiger partial charge in [0.1, 0.15) is 41.4 Å². The van der Waals surface area contributed by atoms with Crippen LogP contribution >= 0.6 is 11.6 Å². The first-order chi connectivity index (χ1) is 32.4. The van der Waals surface area contributed by atoms with Crippen LogP contribution < -0.4 is 9.62 Å². The number of aryl methyl sites for hydroxylation is 1. The molecular weight excluding hydrogens is 1020 g/mol. The lowest BCUT2D eigenvalue weighted by molar-refractivity contribution is -0.143. The van der Waals surface area contributed by atoms with E-state index in [4.69, 9.17) is 26.2 Å². The number of carboxylic acid groups (broad SMARTS) is 1. The van der Waals surface area contributed by atoms with Crippen molar-refractivity contribution in [1.82, 2.24) is 29.9 Å². The summed E-state index contributed by atoms with van der Waals surface area (Å²) in [4.78, 5) is 39.8. The Morgan fingerprint density at radius 3 is 2.07 bits per heavy atom. The van der Waals surface area contributed by atoms with Crippen molar-refractivity contribution in [3.63, 3.8) is 0 Å². The maximum absolute atomic E-state index is 15.0. The van der Waals surface area contributed by atoms with E-state index in [1.165, 1.54) is 31.2 Å². The Balaban J connectivity index is 0.000000967. The second-order valence-corrected chi connectivity index (χ2v) is 20.0. The topological polar surface area (TPSA) is 179 Å². The number of aromatic nitrogens is 5. The standard InChI is InChI=1S/C37H32ClF10N7O4S.C5H12OS.CH2O2/c1-4-21-6-7-22(23-8-9-25(38)28-30(23)54(17-36(43,44)45)52-33(28)55(60(3)58)34(57)59-5-2)29(49-21)26(14-18-12-19(39)15-20(40)13-18)50-27(56)16-53-32-24(10-11-35(32,41)42)31(51-53)37(46,47)48;1-5(2,3)7(4)6;2-1-3/h6-9,12-13,15,26H,4-5,10-11,14,16-17H2,1-3H3,(H,50,56);1-4H3;1H,(H,2,3). The molecule has 14 nitrogen and oxygen atoms in total. The van der Waals surface area contributed by atoms with Gasteiger partial charge in [0.15, 0.2) is 11.5 Å². The molecule has 2 N–H and O–H groups in total. The molecule has 3 atom stereocenters. The zero-order valence-electron chi connectivity index (χ0n) is 38.2. The Kier molecular flexibility index (Phi) is 18.4. The van der Waals surface area contributed by atoms with Crippen molar-refractivity contribution in [2.45, 2.75) is 102 Å². The number of carbonyl (C=O) groups excluding carboxylic acids is 2. The molecule has 3 unspecified atom stereocenters. The Labute approximate surface area is 403 Å². The van der Waals surface area contributed by atoms with Gasteiger partial charge in [-0.3, -0.25) is 28.1 Å². The summed E-state index contributed by atoms with van der Waals surface area (Å²) in [6, 6.07) is 6.22. The molecule has 3 heterocycles. The highest BCUT2D eigenvalue weighted by Gasteiger charge is 2.50. The van der Waals surface area contributed by atoms with Crippen molar-refractivity contribution in [2.75, 3.05) is 23.4 Å². The monoisotopic (exact) mass is 1060 g/mol. The van der Waals surface area contributed by atoms with Crippen molar-refractivity contribution >= 4 is 68.6 Å². The van der Waals surface area contributed by atoms with Crippen molar-refractivity contribution in [3.05, 3.63) is 93.0 Å². The number of carbonyl (C=O) groups is 3. The lowest BCUT2D eigenvalue weighted by Crippen LogP contribution is -2.35. The average molecular weight is 1060 g/mol. The maximum atomic E-state index is 15.0. The summed E-state index contributed by atoms with van der Waals surface area (Å²) >= 11 is 6.57. The lowest BCUT2D eigenvalue weighted by Gasteiger charge is -2.23. The molecule has 0 bridgehead atoms. The fraction of sp³-hybridized carbons (Fsp3) is 0.442. The van der Waals surface area contributed by atoms with Gasteiger partial charge in [0, 0.05) is 62.9 Å². The molecule has 0 spiro atoms. The van der Waals surface area contributed by atoms with Crippen molar-refractivity contribution in [1.29, 1.82) is 0 Å². The van der Waals surface area contributed by atoms with Crippen LogP contribution in [-0.4, -0.2) is 86.6 Å². The molecule has 1 aliphatic rings. The molecule has 0 saturated carbocycles. The fourth-order valence-corrected chi connectivity index (χ4v) is 7.92. The van der Waals surface area contributed by atoms with Crippen LogP contribution in [0.15, 0.2) is 42.5 Å². The molecule has 70 heavy (non-hydrogen) atoms. The third-order valence-electron chi connectivity index (χ3n) is 10.2. The van der Waals surface area contributed by atoms with Gasteiger partial charge in [-0.25, -0.2) is 17.8 Å². The first kappa shape index (κ1) is 57.0. The van der Waals surface area contributed by atoms with E-state index in [0.29, 0.717) is 20.7 Å². The Bertz CT molecular complexity index is 2760. The highest BCUT2D eigenvalue weighted by atomic mass is 35.5. The van der Waals surface area contributed by atoms with E-state index in [2.05, 4.69) is 20.5 Å². The maximum Gasteiger partial charge on any atom is 0.435 e. The molecule has 384 valence electrons. The van der Waals surface area contributed by atoms with Gasteiger partial charge in [0.2, 0.25) is 5.91 Å². The minimum Gasteiger partial charge on any atom is -0.483 e. The number of alkyl halides is 8. The van der Waals surface area contributed by atoms with Gasteiger partial charge in [-0.2, -0.15) is 49.6 Å². The second-order valence-electron chi connectivity index (χ2n) is 16.2. The fourth-order valence-electron chi connectivity index (χ4n) is 7.05. The number of halogens is 11. The van der Waals surface area contributed by atoms with Gasteiger partial charge in [-0.05, 0) is 76.8 Å². The summed E-state index contributed by atoms with van der Waals surface area (Å²) in [5, 5.41) is 16.2. The third kappa shape index (κ3) is 13.8. The quantitative estimate of drug-likeness (QED) is 0.0903. The smallest absolute Gasteiger partial charge is 0.435 e. The molecule has 27 heteroatoms. The summed E-state index contributed by atoms with van der Waals surface area (Å²) in [6.45, 7) is 5.56. The SMILES string of the molecule is CCOC(=O)N(c1nn(CC(F)(F)F)c2c(-c3ccc(CC)nc3C(Cc3cc(F)cc(F)c3)NC(=O)Cn3nc(C(F)(F)F)c4c3C(F)(F)CC4)ccc(Cl)c12)S(C)=O.CS(=O)C(C)(C)C.O=CO. The molecule has 3 aromatic heterocycles. The first-order valence-electron chi connectivity index (χ1n) is 20.7. The lowest BCUT2D eigenvalue weighted by atomic mass is 9.93. The largest absolute Gasteiger partial charge is 0.483 e. The number of nitrogens with zero attached hydrogens (tertiary/aromatic N) is 6. The molecule has 0 saturated heterocycles. The van der Waals surface area contributed by atoms with Crippen LogP contribution in [0.3, 0.4) is 0 Å². The summed E-state index contributed by atoms with van der Waals surface area (Å²) in [5.41, 5.74) is -3.95. The van der Waals surface area contributed by atoms with Crippen LogP contribution in [-0.2, 0) is 80.6 Å². The van der Waals surface area contributed by atoms with Gasteiger partial charge in [0.05, 0.1) is 34.3 Å². The van der Waals surface area contributed by atoms with Gasteiger partial charge >= 0.3 is 18.4 Å². The molecule has 0 aliphatic heterocycles. The first-order valence-corrected chi connectivity index (χ1v) is 24.1. The van der Waals surface area contributed by atoms with Crippen molar-refractivity contribution in [3.8, 4) is 11.1 Å². The highest BCUT2D eigenvalue weighted by Crippen LogP contribution is 2.47. The number of amides is 2. The Morgan fingerprint density at radius 2 is 1.56 bits per heavy atom. The zero-order chi connectivity index (χ0) is 52.8. The number of ether oxygens (including phenoxy) is 1. The van der Waals surface area contributed by atoms with E-state index in [9.17, 15) is 61.9 Å². The average Bonchev–Trinajstić information content (AvgIpc) is 3.88. The number of pyridine rings is 1. The molecule has 5 aromatic rings. The number of anilines is 1. The molecular formula is C43H46ClF10N7O7S2. The van der Waals surface area contributed by atoms with Crippen LogP contribution in [0.1, 0.15) is 81.0 Å². The van der Waals surface area contributed by atoms with Gasteiger partial charge in [0.25, 0.3) is 12.4 Å². The number of rotatable bonds is 12. The number of hydrogen-bond acceptors (Lipinski definition) is 9. The Morgan fingerprint density at radius 1 is 0.971 bits per heavy atom. The van der Waals surface area contributed by atoms with E-state index in [1.54, 1.807) is 13.2 Å². The predicted octanol–water partition coefficient (Wildman–Crippen LogP) is 9.63. The van der Waals surface area contributed by atoms with Crippen molar-refractivity contribution < 1.29 is 76.5 Å². The molecule has 2 aromatic carbocycles. The van der Waals surface area contributed by atoms with E-state index < -0.39 is 125 Å². The van der Waals surface area contributed by atoms with Gasteiger partial charge in [-0.15, -0.1) is 0 Å². The molecule has 1 aliphatic carbocycles. The molecule has 2 amide bonds. The van der Waals surface area contributed by atoms with Crippen LogP contribution in [0.2, 0.25) is 5.02 Å². The predicted molar refractivity (Wildman–Crippen MR) is 240 cm³/mol. The Hall–Kier alpha value is -5.63. The third-order valence-corrected chi connectivity index (χ3v) is 13.1. The van der Waals surface area contributed by atoms with Crippen molar-refractivity contribution in [2.24, 2.45) is 0 Å². The minimum absolute atomic E-state index is 0.0278. The molecule has 0 radical (unpaired) electrons. The highest BCUT2D eigenvalue weighted by molar-refractivity contribution is 7.86. The number of nitrogens with one attached hydrogen (secondary N) is 1. The number of benzene rings is 2. The number of fused-ring (bicyclic) bond motifs is 2. The van der Waals surface area contributed by atoms with E-state index in [1.807, 2.05) is 20.8 Å². The van der Waals surface area contributed by atoms with Crippen LogP contribution in [0.5, 0.6) is 0 Å². The van der Waals surface area contributed by atoms with Crippen LogP contribution in [0.4, 0.5) is 54.5 Å². The summed E-state index contributed by atoms with van der Waals surface area (Å²) < 4.78 is 173. The normalized spacial score (nSPS) is 14.6. The van der Waals surface area contributed by atoms with E-state index >= 15 is 0 Å². The summed E-state index contributed by atoms with van der Waals surface area (Å²) in [7, 11) is -2.96. The van der Waals surface area contributed by atoms with Crippen LogP contribution in [0.25, 0.3) is 22.0 Å².